The minimum atomic E-state index is -3.44. The van der Waals surface area contributed by atoms with E-state index in [-0.39, 0.29) is 16.5 Å². The number of nitrogens with two attached hydrogens (primary N) is 1. The number of nitrogen functional groups attached to an aromatic ring is 1. The molecule has 16 heavy (non-hydrogen) atoms. The highest BCUT2D eigenvalue weighted by atomic mass is 32.2. The van der Waals surface area contributed by atoms with Crippen LogP contribution in [0.1, 0.15) is 4.88 Å². The summed E-state index contributed by atoms with van der Waals surface area (Å²) in [6.07, 6.45) is 1.43. The predicted molar refractivity (Wildman–Crippen MR) is 63.9 cm³/mol. The van der Waals surface area contributed by atoms with Crippen molar-refractivity contribution >= 4 is 26.9 Å². The van der Waals surface area contributed by atoms with Crippen molar-refractivity contribution in [3.05, 3.63) is 40.7 Å². The van der Waals surface area contributed by atoms with E-state index in [1.165, 1.54) is 23.6 Å². The lowest BCUT2D eigenvalue weighted by molar-refractivity contribution is 0.592. The van der Waals surface area contributed by atoms with Crippen molar-refractivity contribution in [3.63, 3.8) is 0 Å². The van der Waals surface area contributed by atoms with Gasteiger partial charge in [0.05, 0.1) is 11.4 Å². The summed E-state index contributed by atoms with van der Waals surface area (Å²) in [5.74, 6) is -0.0497. The van der Waals surface area contributed by atoms with Crippen molar-refractivity contribution in [1.82, 2.24) is 4.98 Å². The second-order valence-corrected chi connectivity index (χ2v) is 6.17. The fourth-order valence-corrected chi connectivity index (χ4v) is 3.80. The van der Waals surface area contributed by atoms with Gasteiger partial charge >= 0.3 is 0 Å². The lowest BCUT2D eigenvalue weighted by Gasteiger charge is -2.04. The van der Waals surface area contributed by atoms with Crippen LogP contribution in [-0.4, -0.2) is 13.4 Å². The average molecular weight is 254 g/mol. The molecule has 2 N–H and O–H groups in total. The second kappa shape index (κ2) is 4.23. The Morgan fingerprint density at radius 3 is 2.75 bits per heavy atom. The van der Waals surface area contributed by atoms with E-state index in [4.69, 9.17) is 5.73 Å². The van der Waals surface area contributed by atoms with Gasteiger partial charge in [0.2, 0.25) is 9.84 Å². The van der Waals surface area contributed by atoms with Crippen molar-refractivity contribution in [2.45, 2.75) is 10.8 Å². The highest BCUT2D eigenvalue weighted by Crippen LogP contribution is 2.21. The molecule has 2 aromatic rings. The van der Waals surface area contributed by atoms with Gasteiger partial charge in [-0.3, -0.25) is 0 Å². The molecule has 6 heteroatoms. The molecule has 0 aliphatic rings. The molecule has 0 unspecified atom stereocenters. The summed E-state index contributed by atoms with van der Waals surface area (Å²) < 4.78 is 24.0. The molecule has 0 fully saturated rings. The molecule has 4 nitrogen and oxygen atoms in total. The van der Waals surface area contributed by atoms with Gasteiger partial charge in [-0.2, -0.15) is 0 Å². The summed E-state index contributed by atoms with van der Waals surface area (Å²) >= 11 is 1.40. The van der Waals surface area contributed by atoms with E-state index in [1.54, 1.807) is 12.1 Å². The van der Waals surface area contributed by atoms with Crippen LogP contribution in [0.4, 0.5) is 5.69 Å². The van der Waals surface area contributed by atoms with Crippen molar-refractivity contribution in [2.75, 3.05) is 5.73 Å². The molecular formula is C10H10N2O2S2. The number of thiophene rings is 1. The van der Waals surface area contributed by atoms with Crippen LogP contribution in [-0.2, 0) is 15.6 Å². The first kappa shape index (κ1) is 11.1. The van der Waals surface area contributed by atoms with Gasteiger partial charge in [0.25, 0.3) is 0 Å². The van der Waals surface area contributed by atoms with Gasteiger partial charge in [0.1, 0.15) is 0 Å². The first-order valence-corrected chi connectivity index (χ1v) is 7.08. The summed E-state index contributed by atoms with van der Waals surface area (Å²) in [6, 6.07) is 6.74. The highest BCUT2D eigenvalue weighted by molar-refractivity contribution is 7.90. The van der Waals surface area contributed by atoms with Gasteiger partial charge in [-0.1, -0.05) is 6.07 Å². The van der Waals surface area contributed by atoms with E-state index in [0.717, 1.165) is 4.88 Å². The fourth-order valence-electron chi connectivity index (χ4n) is 1.31. The van der Waals surface area contributed by atoms with E-state index in [9.17, 15) is 8.42 Å². The molecule has 2 heterocycles. The van der Waals surface area contributed by atoms with Crippen LogP contribution in [0.5, 0.6) is 0 Å². The zero-order valence-corrected chi connectivity index (χ0v) is 9.96. The monoisotopic (exact) mass is 254 g/mol. The summed E-state index contributed by atoms with van der Waals surface area (Å²) in [5.41, 5.74) is 5.79. The van der Waals surface area contributed by atoms with Crippen LogP contribution in [0.25, 0.3) is 0 Å². The smallest absolute Gasteiger partial charge is 0.202 e. The molecule has 0 aliphatic carbocycles. The third kappa shape index (κ3) is 2.23. The quantitative estimate of drug-likeness (QED) is 0.904. The largest absolute Gasteiger partial charge is 0.396 e. The van der Waals surface area contributed by atoms with Crippen molar-refractivity contribution in [3.8, 4) is 0 Å². The molecule has 0 saturated heterocycles. The Labute approximate surface area is 97.7 Å². The minimum Gasteiger partial charge on any atom is -0.396 e. The maximum absolute atomic E-state index is 12.0. The number of nitrogens with zero attached hydrogens (tertiary/aromatic N) is 1. The fraction of sp³-hybridized carbons (Fsp3) is 0.100. The van der Waals surface area contributed by atoms with Gasteiger partial charge in [0.15, 0.2) is 5.03 Å². The molecule has 0 aliphatic heterocycles. The van der Waals surface area contributed by atoms with Crippen LogP contribution in [0.3, 0.4) is 0 Å². The van der Waals surface area contributed by atoms with Gasteiger partial charge in [0, 0.05) is 11.1 Å². The summed E-state index contributed by atoms with van der Waals surface area (Å²) in [6.45, 7) is 0. The first-order chi connectivity index (χ1) is 7.59. The molecule has 0 atom stereocenters. The number of anilines is 1. The van der Waals surface area contributed by atoms with Gasteiger partial charge in [-0.05, 0) is 23.6 Å². The molecule has 0 spiro atoms. The number of sulfone groups is 1. The molecule has 84 valence electrons. The van der Waals surface area contributed by atoms with Gasteiger partial charge in [-0.25, -0.2) is 13.4 Å². The van der Waals surface area contributed by atoms with Crippen LogP contribution >= 0.6 is 11.3 Å². The Bertz CT molecular complexity index is 577. The first-order valence-electron chi connectivity index (χ1n) is 4.55. The molecule has 0 amide bonds. The predicted octanol–water partition coefficient (Wildman–Crippen LogP) is 1.70. The zero-order valence-electron chi connectivity index (χ0n) is 8.33. The van der Waals surface area contributed by atoms with Crippen molar-refractivity contribution < 1.29 is 8.42 Å². The maximum Gasteiger partial charge on any atom is 0.202 e. The van der Waals surface area contributed by atoms with Crippen LogP contribution in [0.2, 0.25) is 0 Å². The third-order valence-electron chi connectivity index (χ3n) is 2.01. The van der Waals surface area contributed by atoms with Crippen molar-refractivity contribution in [2.24, 2.45) is 0 Å². The Morgan fingerprint density at radius 2 is 2.12 bits per heavy atom. The molecule has 0 saturated carbocycles. The van der Waals surface area contributed by atoms with Crippen LogP contribution in [0.15, 0.2) is 40.9 Å². The number of rotatable bonds is 3. The topological polar surface area (TPSA) is 73.0 Å². The average Bonchev–Trinajstić information content (AvgIpc) is 2.70. The molecule has 2 aromatic heterocycles. The Kier molecular flexibility index (Phi) is 2.93. The number of hydrogen-bond acceptors (Lipinski definition) is 5. The minimum absolute atomic E-state index is 0.0385. The summed E-state index contributed by atoms with van der Waals surface area (Å²) in [4.78, 5) is 4.60. The molecular weight excluding hydrogens is 244 g/mol. The van der Waals surface area contributed by atoms with Crippen molar-refractivity contribution in [1.29, 1.82) is 0 Å². The van der Waals surface area contributed by atoms with E-state index in [0.29, 0.717) is 0 Å². The second-order valence-electron chi connectivity index (χ2n) is 3.24. The Hall–Kier alpha value is -1.40. The van der Waals surface area contributed by atoms with E-state index in [1.807, 2.05) is 11.4 Å². The van der Waals surface area contributed by atoms with Gasteiger partial charge in [-0.15, -0.1) is 11.3 Å². The lowest BCUT2D eigenvalue weighted by Crippen LogP contribution is -2.09. The zero-order chi connectivity index (χ0) is 11.6. The molecule has 0 radical (unpaired) electrons. The highest BCUT2D eigenvalue weighted by Gasteiger charge is 2.19. The Balaban J connectivity index is 2.37. The number of hydrogen-bond donors (Lipinski definition) is 1. The maximum atomic E-state index is 12.0. The SMILES string of the molecule is Nc1cccnc1S(=O)(=O)Cc1cccs1. The lowest BCUT2D eigenvalue weighted by atomic mass is 10.4. The normalized spacial score (nSPS) is 11.5. The standard InChI is InChI=1S/C10H10N2O2S2/c11-9-4-1-5-12-10(9)16(13,14)7-8-3-2-6-15-8/h1-6H,7,11H2. The molecule has 0 bridgehead atoms. The number of aromatic nitrogens is 1. The summed E-state index contributed by atoms with van der Waals surface area (Å²) in [5, 5.41) is 1.80. The Morgan fingerprint density at radius 1 is 1.31 bits per heavy atom. The van der Waals surface area contributed by atoms with E-state index < -0.39 is 9.84 Å². The van der Waals surface area contributed by atoms with E-state index >= 15 is 0 Å². The van der Waals surface area contributed by atoms with Crippen LogP contribution in [0, 0.1) is 0 Å². The molecule has 0 aromatic carbocycles. The van der Waals surface area contributed by atoms with Gasteiger partial charge < -0.3 is 5.73 Å². The van der Waals surface area contributed by atoms with E-state index in [2.05, 4.69) is 4.98 Å². The third-order valence-corrected chi connectivity index (χ3v) is 4.69. The molecule has 2 rings (SSSR count). The number of pyridine rings is 1. The van der Waals surface area contributed by atoms with Crippen LogP contribution < -0.4 is 5.73 Å². The summed E-state index contributed by atoms with van der Waals surface area (Å²) in [7, 11) is -3.44.